The SMILES string of the molecule is COC(=O)c1cc(N(C)C(C)CO)c(F)cc1N. The van der Waals surface area contributed by atoms with Crippen molar-refractivity contribution in [3.8, 4) is 0 Å². The van der Waals surface area contributed by atoms with Crippen molar-refractivity contribution in [2.75, 3.05) is 31.4 Å². The zero-order valence-corrected chi connectivity index (χ0v) is 10.6. The highest BCUT2D eigenvalue weighted by molar-refractivity contribution is 5.96. The third-order valence-corrected chi connectivity index (χ3v) is 2.83. The van der Waals surface area contributed by atoms with Crippen molar-refractivity contribution in [3.05, 3.63) is 23.5 Å². The maximum atomic E-state index is 13.8. The molecule has 1 rings (SSSR count). The maximum absolute atomic E-state index is 13.8. The largest absolute Gasteiger partial charge is 0.465 e. The third-order valence-electron chi connectivity index (χ3n) is 2.83. The van der Waals surface area contributed by atoms with Crippen molar-refractivity contribution >= 4 is 17.3 Å². The van der Waals surface area contributed by atoms with Gasteiger partial charge in [0.15, 0.2) is 0 Å². The molecule has 0 aromatic heterocycles. The molecule has 0 saturated heterocycles. The number of benzene rings is 1. The Bertz CT molecular complexity index is 451. The van der Waals surface area contributed by atoms with Crippen LogP contribution in [0.2, 0.25) is 0 Å². The second-order valence-corrected chi connectivity index (χ2v) is 4.02. The van der Waals surface area contributed by atoms with Crippen molar-refractivity contribution < 1.29 is 19.0 Å². The van der Waals surface area contributed by atoms with Crippen LogP contribution in [-0.2, 0) is 4.74 Å². The number of hydrogen-bond donors (Lipinski definition) is 2. The van der Waals surface area contributed by atoms with Gasteiger partial charge in [0.2, 0.25) is 0 Å². The summed E-state index contributed by atoms with van der Waals surface area (Å²) in [4.78, 5) is 13.0. The Labute approximate surface area is 105 Å². The number of aliphatic hydroxyl groups excluding tert-OH is 1. The summed E-state index contributed by atoms with van der Waals surface area (Å²) in [7, 11) is 2.85. The van der Waals surface area contributed by atoms with E-state index in [2.05, 4.69) is 4.74 Å². The van der Waals surface area contributed by atoms with Crippen LogP contribution in [0, 0.1) is 5.82 Å². The van der Waals surface area contributed by atoms with E-state index in [1.165, 1.54) is 18.1 Å². The van der Waals surface area contributed by atoms with Gasteiger partial charge in [-0.2, -0.15) is 0 Å². The first kappa shape index (κ1) is 14.2. The number of nitrogens with two attached hydrogens (primary N) is 1. The highest BCUT2D eigenvalue weighted by atomic mass is 19.1. The number of rotatable bonds is 4. The highest BCUT2D eigenvalue weighted by Gasteiger charge is 2.19. The molecule has 1 aromatic carbocycles. The van der Waals surface area contributed by atoms with Crippen LogP contribution < -0.4 is 10.6 Å². The Hall–Kier alpha value is -1.82. The normalized spacial score (nSPS) is 12.1. The van der Waals surface area contributed by atoms with Gasteiger partial charge < -0.3 is 20.5 Å². The first-order valence-corrected chi connectivity index (χ1v) is 5.43. The lowest BCUT2D eigenvalue weighted by atomic mass is 10.1. The van der Waals surface area contributed by atoms with Gasteiger partial charge in [-0.1, -0.05) is 0 Å². The van der Waals surface area contributed by atoms with E-state index < -0.39 is 11.8 Å². The van der Waals surface area contributed by atoms with Crippen molar-refractivity contribution in [3.63, 3.8) is 0 Å². The number of hydrogen-bond acceptors (Lipinski definition) is 5. The lowest BCUT2D eigenvalue weighted by molar-refractivity contribution is 0.0602. The molecule has 1 aromatic rings. The molecular formula is C12H17FN2O3. The fourth-order valence-corrected chi connectivity index (χ4v) is 1.49. The molecule has 0 radical (unpaired) electrons. The number of anilines is 2. The highest BCUT2D eigenvalue weighted by Crippen LogP contribution is 2.26. The predicted octanol–water partition coefficient (Wildman–Crippen LogP) is 1.01. The van der Waals surface area contributed by atoms with Crippen molar-refractivity contribution in [1.82, 2.24) is 0 Å². The van der Waals surface area contributed by atoms with Gasteiger partial charge in [0.1, 0.15) is 5.82 Å². The summed E-state index contributed by atoms with van der Waals surface area (Å²) in [5, 5.41) is 9.06. The molecule has 0 spiro atoms. The van der Waals surface area contributed by atoms with Gasteiger partial charge in [-0.15, -0.1) is 0 Å². The van der Waals surface area contributed by atoms with E-state index in [4.69, 9.17) is 10.8 Å². The minimum atomic E-state index is -0.626. The van der Waals surface area contributed by atoms with Gasteiger partial charge in [0.25, 0.3) is 0 Å². The summed E-state index contributed by atoms with van der Waals surface area (Å²) >= 11 is 0. The number of esters is 1. The molecule has 3 N–H and O–H groups in total. The number of ether oxygens (including phenoxy) is 1. The average Bonchev–Trinajstić information content (AvgIpc) is 2.36. The molecule has 0 aliphatic rings. The Balaban J connectivity index is 3.24. The molecule has 0 aliphatic carbocycles. The molecule has 1 unspecified atom stereocenters. The number of methoxy groups -OCH3 is 1. The van der Waals surface area contributed by atoms with Gasteiger partial charge in [0, 0.05) is 18.8 Å². The van der Waals surface area contributed by atoms with E-state index in [1.807, 2.05) is 0 Å². The molecule has 0 heterocycles. The summed E-state index contributed by atoms with van der Waals surface area (Å²) in [5.74, 6) is -1.18. The van der Waals surface area contributed by atoms with Gasteiger partial charge >= 0.3 is 5.97 Å². The quantitative estimate of drug-likeness (QED) is 0.621. The fraction of sp³-hybridized carbons (Fsp3) is 0.417. The first-order valence-electron chi connectivity index (χ1n) is 5.43. The molecule has 5 nitrogen and oxygen atoms in total. The molecular weight excluding hydrogens is 239 g/mol. The summed E-state index contributed by atoms with van der Waals surface area (Å²) in [6, 6.07) is 2.11. The number of nitrogen functional groups attached to an aromatic ring is 1. The Morgan fingerprint density at radius 2 is 2.22 bits per heavy atom. The molecule has 0 amide bonds. The number of carbonyl (C=O) groups excluding carboxylic acids is 1. The second kappa shape index (κ2) is 5.68. The van der Waals surface area contributed by atoms with Crippen LogP contribution in [0.3, 0.4) is 0 Å². The molecule has 0 saturated carbocycles. The van der Waals surface area contributed by atoms with Crippen molar-refractivity contribution in [2.24, 2.45) is 0 Å². The standard InChI is InChI=1S/C12H17FN2O3/c1-7(6-16)15(2)11-4-8(12(17)18-3)10(14)5-9(11)13/h4-5,7,16H,6,14H2,1-3H3. The Morgan fingerprint density at radius 3 is 2.72 bits per heavy atom. The molecule has 6 heteroatoms. The third kappa shape index (κ3) is 2.70. The van der Waals surface area contributed by atoms with Gasteiger partial charge in [-0.05, 0) is 19.1 Å². The van der Waals surface area contributed by atoms with Gasteiger partial charge in [-0.25, -0.2) is 9.18 Å². The summed E-state index contributed by atoms with van der Waals surface area (Å²) in [5.41, 5.74) is 5.88. The fourth-order valence-electron chi connectivity index (χ4n) is 1.49. The topological polar surface area (TPSA) is 75.8 Å². The average molecular weight is 256 g/mol. The molecule has 0 fully saturated rings. The van der Waals surface area contributed by atoms with Gasteiger partial charge in [0.05, 0.1) is 25.0 Å². The smallest absolute Gasteiger partial charge is 0.340 e. The lowest BCUT2D eigenvalue weighted by Gasteiger charge is -2.26. The molecule has 18 heavy (non-hydrogen) atoms. The van der Waals surface area contributed by atoms with Crippen LogP contribution in [0.4, 0.5) is 15.8 Å². The number of likely N-dealkylation sites (N-methyl/N-ethyl adjacent to an activating group) is 1. The maximum Gasteiger partial charge on any atom is 0.340 e. The first-order chi connectivity index (χ1) is 8.42. The van der Waals surface area contributed by atoms with Crippen LogP contribution in [0.1, 0.15) is 17.3 Å². The van der Waals surface area contributed by atoms with E-state index in [0.29, 0.717) is 0 Å². The minimum absolute atomic E-state index is 0.0214. The van der Waals surface area contributed by atoms with Crippen LogP contribution in [0.15, 0.2) is 12.1 Å². The second-order valence-electron chi connectivity index (χ2n) is 4.02. The van der Waals surface area contributed by atoms with Crippen molar-refractivity contribution in [1.29, 1.82) is 0 Å². The lowest BCUT2D eigenvalue weighted by Crippen LogP contribution is -2.32. The summed E-state index contributed by atoms with van der Waals surface area (Å²) < 4.78 is 18.4. The van der Waals surface area contributed by atoms with Crippen LogP contribution >= 0.6 is 0 Å². The Kier molecular flexibility index (Phi) is 4.49. The molecule has 100 valence electrons. The minimum Gasteiger partial charge on any atom is -0.465 e. The van der Waals surface area contributed by atoms with Crippen LogP contribution in [0.25, 0.3) is 0 Å². The molecule has 1 atom stereocenters. The zero-order valence-electron chi connectivity index (χ0n) is 10.6. The predicted molar refractivity (Wildman–Crippen MR) is 67.1 cm³/mol. The Morgan fingerprint density at radius 1 is 1.61 bits per heavy atom. The van der Waals surface area contributed by atoms with E-state index in [-0.39, 0.29) is 29.6 Å². The summed E-state index contributed by atoms with van der Waals surface area (Å²) in [6.07, 6.45) is 0. The van der Waals surface area contributed by atoms with E-state index in [9.17, 15) is 9.18 Å². The van der Waals surface area contributed by atoms with Crippen LogP contribution in [0.5, 0.6) is 0 Å². The van der Waals surface area contributed by atoms with E-state index >= 15 is 0 Å². The molecule has 0 aliphatic heterocycles. The van der Waals surface area contributed by atoms with E-state index in [0.717, 1.165) is 6.07 Å². The number of carbonyl (C=O) groups is 1. The van der Waals surface area contributed by atoms with E-state index in [1.54, 1.807) is 14.0 Å². The molecule has 0 bridgehead atoms. The number of aliphatic hydroxyl groups is 1. The van der Waals surface area contributed by atoms with Crippen molar-refractivity contribution in [2.45, 2.75) is 13.0 Å². The van der Waals surface area contributed by atoms with Gasteiger partial charge in [-0.3, -0.25) is 0 Å². The number of halogens is 1. The van der Waals surface area contributed by atoms with Crippen LogP contribution in [-0.4, -0.2) is 37.9 Å². The number of nitrogens with zero attached hydrogens (tertiary/aromatic N) is 1. The monoisotopic (exact) mass is 256 g/mol. The zero-order chi connectivity index (χ0) is 13.9. The summed E-state index contributed by atoms with van der Waals surface area (Å²) in [6.45, 7) is 1.60.